The van der Waals surface area contributed by atoms with E-state index in [0.29, 0.717) is 11.3 Å². The number of hydrogen-bond acceptors (Lipinski definition) is 5. The molecule has 1 aliphatic rings. The quantitative estimate of drug-likeness (QED) is 0.628. The Morgan fingerprint density at radius 2 is 1.97 bits per heavy atom. The molecule has 6 heteroatoms. The van der Waals surface area contributed by atoms with E-state index in [9.17, 15) is 4.79 Å². The summed E-state index contributed by atoms with van der Waals surface area (Å²) in [6, 6.07) is 18.9. The molecule has 0 unspecified atom stereocenters. The molecule has 2 heterocycles. The van der Waals surface area contributed by atoms with Crippen LogP contribution in [-0.4, -0.2) is 30.0 Å². The number of carbonyl (C=O) groups is 1. The van der Waals surface area contributed by atoms with Crippen molar-refractivity contribution in [3.8, 4) is 11.8 Å². The van der Waals surface area contributed by atoms with E-state index in [1.54, 1.807) is 12.1 Å². The zero-order valence-corrected chi connectivity index (χ0v) is 17.5. The van der Waals surface area contributed by atoms with E-state index in [1.807, 2.05) is 49.4 Å². The summed E-state index contributed by atoms with van der Waals surface area (Å²) in [7, 11) is 0. The number of anilines is 1. The first-order chi connectivity index (χ1) is 15.1. The maximum atomic E-state index is 12.1. The first-order valence-corrected chi connectivity index (χ1v) is 10.4. The van der Waals surface area contributed by atoms with Crippen molar-refractivity contribution in [2.24, 2.45) is 0 Å². The molecule has 1 N–H and O–H groups in total. The molecular weight excluding hydrogens is 390 g/mol. The third kappa shape index (κ3) is 5.33. The first kappa shape index (κ1) is 20.7. The molecule has 1 aromatic heterocycles. The van der Waals surface area contributed by atoms with Gasteiger partial charge >= 0.3 is 0 Å². The van der Waals surface area contributed by atoms with Crippen LogP contribution in [0.15, 0.2) is 65.3 Å². The third-order valence-electron chi connectivity index (χ3n) is 5.50. The number of ether oxygens (including phenoxy) is 1. The molecule has 0 saturated carbocycles. The second-order valence-electron chi connectivity index (χ2n) is 7.81. The van der Waals surface area contributed by atoms with Crippen molar-refractivity contribution < 1.29 is 13.9 Å². The molecule has 1 aliphatic heterocycles. The number of furan rings is 1. The zero-order valence-electron chi connectivity index (χ0n) is 17.5. The normalized spacial score (nSPS) is 14.7. The van der Waals surface area contributed by atoms with Gasteiger partial charge in [0.25, 0.3) is 5.91 Å². The Labute approximate surface area is 182 Å². The van der Waals surface area contributed by atoms with Crippen molar-refractivity contribution in [3.63, 3.8) is 0 Å². The Balaban J connectivity index is 1.28. The van der Waals surface area contributed by atoms with Gasteiger partial charge in [-0.25, -0.2) is 0 Å². The highest BCUT2D eigenvalue weighted by molar-refractivity contribution is 6.02. The van der Waals surface area contributed by atoms with Gasteiger partial charge < -0.3 is 14.5 Å². The number of rotatable bonds is 6. The van der Waals surface area contributed by atoms with Crippen LogP contribution in [-0.2, 0) is 6.54 Å². The van der Waals surface area contributed by atoms with Gasteiger partial charge in [0.2, 0.25) is 0 Å². The average molecular weight is 415 g/mol. The molecule has 31 heavy (non-hydrogen) atoms. The van der Waals surface area contributed by atoms with E-state index in [2.05, 4.69) is 16.3 Å². The summed E-state index contributed by atoms with van der Waals surface area (Å²) in [5, 5.41) is 11.8. The molecule has 6 nitrogen and oxygen atoms in total. The number of carbonyl (C=O) groups excluding carboxylic acids is 1. The molecular formula is C25H25N3O3. The molecule has 1 fully saturated rings. The summed E-state index contributed by atoms with van der Waals surface area (Å²) >= 11 is 0. The molecule has 0 atom stereocenters. The lowest BCUT2D eigenvalue weighted by molar-refractivity contribution is 0.0962. The molecule has 0 bridgehead atoms. The molecule has 4 rings (SSSR count). The number of nitrogens with zero attached hydrogens (tertiary/aromatic N) is 2. The summed E-state index contributed by atoms with van der Waals surface area (Å²) < 4.78 is 11.4. The molecule has 3 aromatic rings. The molecule has 0 aliphatic carbocycles. The number of hydrogen-bond donors (Lipinski definition) is 1. The maximum Gasteiger partial charge on any atom is 0.291 e. The summed E-state index contributed by atoms with van der Waals surface area (Å²) in [4.78, 5) is 14.5. The lowest BCUT2D eigenvalue weighted by Crippen LogP contribution is -2.37. The smallest absolute Gasteiger partial charge is 0.291 e. The van der Waals surface area contributed by atoms with Crippen molar-refractivity contribution >= 4 is 11.6 Å². The second kappa shape index (κ2) is 9.50. The molecule has 1 amide bonds. The van der Waals surface area contributed by atoms with Crippen molar-refractivity contribution in [2.75, 3.05) is 18.4 Å². The van der Waals surface area contributed by atoms with Gasteiger partial charge in [0.15, 0.2) is 5.76 Å². The van der Waals surface area contributed by atoms with Crippen LogP contribution in [0.5, 0.6) is 5.75 Å². The van der Waals surface area contributed by atoms with Crippen LogP contribution in [0.1, 0.15) is 40.1 Å². The molecule has 2 aromatic carbocycles. The molecule has 158 valence electrons. The number of aryl methyl sites for hydroxylation is 1. The van der Waals surface area contributed by atoms with Crippen molar-refractivity contribution in [2.45, 2.75) is 32.4 Å². The standard InChI is InChI=1S/C25H25N3O3/c1-18-15-21(27-25(29)24-3-2-14-30-24)8-9-23(18)31-22-10-12-28(13-11-22)17-20-6-4-19(16-26)5-7-20/h2-9,14-15,22H,10-13,17H2,1H3,(H,27,29). The zero-order chi connectivity index (χ0) is 21.6. The summed E-state index contributed by atoms with van der Waals surface area (Å²) in [6.07, 6.45) is 3.59. The topological polar surface area (TPSA) is 78.5 Å². The van der Waals surface area contributed by atoms with Crippen LogP contribution in [0.3, 0.4) is 0 Å². The Morgan fingerprint density at radius 1 is 1.19 bits per heavy atom. The van der Waals surface area contributed by atoms with Gasteiger partial charge in [-0.05, 0) is 73.4 Å². The number of nitriles is 1. The minimum absolute atomic E-state index is 0.180. The van der Waals surface area contributed by atoms with E-state index in [1.165, 1.54) is 11.8 Å². The molecule has 1 saturated heterocycles. The van der Waals surface area contributed by atoms with Gasteiger partial charge in [0.1, 0.15) is 11.9 Å². The summed E-state index contributed by atoms with van der Waals surface area (Å²) in [5.41, 5.74) is 3.61. The molecule has 0 radical (unpaired) electrons. The lowest BCUT2D eigenvalue weighted by Gasteiger charge is -2.32. The maximum absolute atomic E-state index is 12.1. The van der Waals surface area contributed by atoms with E-state index in [-0.39, 0.29) is 17.8 Å². The number of nitrogens with one attached hydrogen (secondary N) is 1. The predicted molar refractivity (Wildman–Crippen MR) is 118 cm³/mol. The van der Waals surface area contributed by atoms with E-state index in [4.69, 9.17) is 14.4 Å². The van der Waals surface area contributed by atoms with Crippen LogP contribution >= 0.6 is 0 Å². The predicted octanol–water partition coefficient (Wildman–Crippen LogP) is 4.76. The summed E-state index contributed by atoms with van der Waals surface area (Å²) in [5.74, 6) is 0.861. The minimum atomic E-state index is -0.271. The number of benzene rings is 2. The average Bonchev–Trinajstić information content (AvgIpc) is 3.33. The monoisotopic (exact) mass is 415 g/mol. The van der Waals surface area contributed by atoms with Gasteiger partial charge in [0, 0.05) is 25.3 Å². The van der Waals surface area contributed by atoms with Crippen LogP contribution in [0.4, 0.5) is 5.69 Å². The van der Waals surface area contributed by atoms with E-state index >= 15 is 0 Å². The third-order valence-corrected chi connectivity index (χ3v) is 5.50. The highest BCUT2D eigenvalue weighted by atomic mass is 16.5. The van der Waals surface area contributed by atoms with Gasteiger partial charge in [0.05, 0.1) is 17.9 Å². The van der Waals surface area contributed by atoms with Gasteiger partial charge in [-0.1, -0.05) is 12.1 Å². The minimum Gasteiger partial charge on any atom is -0.490 e. The van der Waals surface area contributed by atoms with Crippen LogP contribution < -0.4 is 10.1 Å². The first-order valence-electron chi connectivity index (χ1n) is 10.4. The van der Waals surface area contributed by atoms with Crippen LogP contribution in [0.2, 0.25) is 0 Å². The van der Waals surface area contributed by atoms with Crippen molar-refractivity contribution in [3.05, 3.63) is 83.3 Å². The Morgan fingerprint density at radius 3 is 2.61 bits per heavy atom. The fourth-order valence-electron chi connectivity index (χ4n) is 3.77. The fourth-order valence-corrected chi connectivity index (χ4v) is 3.77. The van der Waals surface area contributed by atoms with E-state index < -0.39 is 0 Å². The lowest BCUT2D eigenvalue weighted by atomic mass is 10.1. The van der Waals surface area contributed by atoms with Gasteiger partial charge in [-0.3, -0.25) is 9.69 Å². The number of amides is 1. The van der Waals surface area contributed by atoms with Gasteiger partial charge in [-0.2, -0.15) is 5.26 Å². The van der Waals surface area contributed by atoms with Gasteiger partial charge in [-0.15, -0.1) is 0 Å². The Hall–Kier alpha value is -3.56. The summed E-state index contributed by atoms with van der Waals surface area (Å²) in [6.45, 7) is 4.82. The van der Waals surface area contributed by atoms with Crippen LogP contribution in [0, 0.1) is 18.3 Å². The largest absolute Gasteiger partial charge is 0.490 e. The number of piperidine rings is 1. The van der Waals surface area contributed by atoms with Crippen LogP contribution in [0.25, 0.3) is 0 Å². The Kier molecular flexibility index (Phi) is 6.34. The number of likely N-dealkylation sites (tertiary alicyclic amines) is 1. The van der Waals surface area contributed by atoms with E-state index in [0.717, 1.165) is 43.8 Å². The highest BCUT2D eigenvalue weighted by Crippen LogP contribution is 2.26. The fraction of sp³-hybridized carbons (Fsp3) is 0.280. The second-order valence-corrected chi connectivity index (χ2v) is 7.81. The molecule has 0 spiro atoms. The van der Waals surface area contributed by atoms with Crippen molar-refractivity contribution in [1.29, 1.82) is 5.26 Å². The highest BCUT2D eigenvalue weighted by Gasteiger charge is 2.21. The Bertz CT molecular complexity index is 1060. The van der Waals surface area contributed by atoms with Crippen molar-refractivity contribution in [1.82, 2.24) is 4.90 Å². The SMILES string of the molecule is Cc1cc(NC(=O)c2ccco2)ccc1OC1CCN(Cc2ccc(C#N)cc2)CC1.